The van der Waals surface area contributed by atoms with Crippen molar-refractivity contribution in [3.8, 4) is 0 Å². The smallest absolute Gasteiger partial charge is 0.140 e. The van der Waals surface area contributed by atoms with Gasteiger partial charge in [-0.25, -0.2) is 0 Å². The molecule has 3 aromatic rings. The predicted octanol–water partition coefficient (Wildman–Crippen LogP) is 7.74. The second kappa shape index (κ2) is 10.8. The van der Waals surface area contributed by atoms with Gasteiger partial charge >= 0.3 is 0 Å². The maximum absolute atomic E-state index is 13.7. The number of allylic oxidation sites excluding steroid dienone is 4. The molecule has 0 radical (unpaired) electrons. The van der Waals surface area contributed by atoms with Crippen LogP contribution in [0.4, 0.5) is 0 Å². The van der Waals surface area contributed by atoms with Crippen LogP contribution in [0, 0.1) is 17.8 Å². The minimum Gasteiger partial charge on any atom is -0.299 e. The largest absolute Gasteiger partial charge is 0.299 e. The van der Waals surface area contributed by atoms with Crippen LogP contribution in [0.3, 0.4) is 0 Å². The molecule has 4 atom stereocenters. The molecule has 0 aliphatic heterocycles. The van der Waals surface area contributed by atoms with Gasteiger partial charge in [0, 0.05) is 12.3 Å². The van der Waals surface area contributed by atoms with E-state index in [1.165, 1.54) is 36.0 Å². The van der Waals surface area contributed by atoms with Crippen LogP contribution in [0.1, 0.15) is 48.3 Å². The van der Waals surface area contributed by atoms with Crippen LogP contribution in [0.5, 0.6) is 0 Å². The molecule has 0 N–H and O–H groups in total. The van der Waals surface area contributed by atoms with Gasteiger partial charge in [-0.15, -0.1) is 0 Å². The molecule has 0 heterocycles. The number of carbonyl (C=O) groups excluding carboxylic acids is 1. The van der Waals surface area contributed by atoms with E-state index in [4.69, 9.17) is 0 Å². The first-order valence-electron chi connectivity index (χ1n) is 12.8. The summed E-state index contributed by atoms with van der Waals surface area (Å²) in [5, 5.41) is 0. The second-order valence-corrected chi connectivity index (χ2v) is 10.0. The summed E-state index contributed by atoms with van der Waals surface area (Å²) in [7, 11) is 0. The van der Waals surface area contributed by atoms with Crippen molar-refractivity contribution in [1.82, 2.24) is 0 Å². The Morgan fingerprint density at radius 1 is 0.824 bits per heavy atom. The van der Waals surface area contributed by atoms with Gasteiger partial charge in [-0.2, -0.15) is 0 Å². The highest BCUT2D eigenvalue weighted by Gasteiger charge is 2.34. The number of hydrogen-bond acceptors (Lipinski definition) is 1. The quantitative estimate of drug-likeness (QED) is 0.346. The lowest BCUT2D eigenvalue weighted by atomic mass is 9.66. The Kier molecular flexibility index (Phi) is 7.19. The highest BCUT2D eigenvalue weighted by Crippen LogP contribution is 2.46. The molecule has 0 saturated carbocycles. The van der Waals surface area contributed by atoms with Crippen molar-refractivity contribution < 1.29 is 4.79 Å². The molecule has 1 heteroatoms. The molecule has 1 nitrogen and oxygen atoms in total. The van der Waals surface area contributed by atoms with Gasteiger partial charge in [0.1, 0.15) is 5.78 Å². The third kappa shape index (κ3) is 5.47. The normalized spacial score (nSPS) is 22.5. The van der Waals surface area contributed by atoms with E-state index in [2.05, 4.69) is 91.0 Å². The summed E-state index contributed by atoms with van der Waals surface area (Å²) >= 11 is 0. The standard InChI is InChI=1S/C33H34O/c34-33(21-26-14-6-2-7-15-26)31(20-25-12-4-1-5-13-25)23-30-22-28-18-10-11-19-29(28)24-32(30)27-16-8-3-9-17-27/h1-10,12-18,22,29-32H,11,19-21,23-24H2. The highest BCUT2D eigenvalue weighted by molar-refractivity contribution is 5.83. The van der Waals surface area contributed by atoms with Gasteiger partial charge in [-0.3, -0.25) is 4.79 Å². The maximum Gasteiger partial charge on any atom is 0.140 e. The van der Waals surface area contributed by atoms with Crippen LogP contribution in [-0.4, -0.2) is 5.78 Å². The first-order chi connectivity index (χ1) is 16.8. The zero-order valence-electron chi connectivity index (χ0n) is 19.9. The van der Waals surface area contributed by atoms with Crippen LogP contribution in [0.25, 0.3) is 0 Å². The van der Waals surface area contributed by atoms with Crippen molar-refractivity contribution in [1.29, 1.82) is 0 Å². The van der Waals surface area contributed by atoms with E-state index in [1.807, 2.05) is 18.2 Å². The zero-order chi connectivity index (χ0) is 23.2. The first kappa shape index (κ1) is 22.6. The fourth-order valence-corrected chi connectivity index (χ4v) is 5.92. The van der Waals surface area contributed by atoms with Gasteiger partial charge in [0.15, 0.2) is 0 Å². The molecule has 0 saturated heterocycles. The molecule has 0 amide bonds. The SMILES string of the molecule is O=C(Cc1ccccc1)C(Cc1ccccc1)CC1C=C2C=CCCC2CC1c1ccccc1. The van der Waals surface area contributed by atoms with Crippen LogP contribution in [0.15, 0.2) is 115 Å². The Balaban J connectivity index is 1.44. The number of hydrogen-bond donors (Lipinski definition) is 0. The van der Waals surface area contributed by atoms with Gasteiger partial charge < -0.3 is 0 Å². The lowest BCUT2D eigenvalue weighted by molar-refractivity contribution is -0.122. The predicted molar refractivity (Wildman–Crippen MR) is 141 cm³/mol. The van der Waals surface area contributed by atoms with Gasteiger partial charge in [-0.05, 0) is 72.1 Å². The molecule has 2 aliphatic carbocycles. The number of Topliss-reactive ketones (excluding diaryl/α,β-unsaturated/α-hetero) is 1. The summed E-state index contributed by atoms with van der Waals surface area (Å²) in [6, 6.07) is 31.8. The summed E-state index contributed by atoms with van der Waals surface area (Å²) in [4.78, 5) is 13.7. The summed E-state index contributed by atoms with van der Waals surface area (Å²) in [6.07, 6.45) is 13.0. The van der Waals surface area contributed by atoms with Crippen molar-refractivity contribution in [2.45, 2.75) is 44.4 Å². The molecular weight excluding hydrogens is 412 g/mol. The number of rotatable bonds is 8. The Labute approximate surface area is 204 Å². The van der Waals surface area contributed by atoms with E-state index in [-0.39, 0.29) is 5.92 Å². The molecule has 34 heavy (non-hydrogen) atoms. The summed E-state index contributed by atoms with van der Waals surface area (Å²) < 4.78 is 0. The van der Waals surface area contributed by atoms with Crippen molar-refractivity contribution in [2.24, 2.45) is 17.8 Å². The second-order valence-electron chi connectivity index (χ2n) is 10.0. The topological polar surface area (TPSA) is 17.1 Å². The van der Waals surface area contributed by atoms with Crippen LogP contribution in [0.2, 0.25) is 0 Å². The van der Waals surface area contributed by atoms with E-state index < -0.39 is 0 Å². The minimum absolute atomic E-state index is 0.0137. The molecule has 5 rings (SSSR count). The van der Waals surface area contributed by atoms with Crippen molar-refractivity contribution in [2.75, 3.05) is 0 Å². The Morgan fingerprint density at radius 2 is 1.47 bits per heavy atom. The summed E-state index contributed by atoms with van der Waals surface area (Å²) in [5.74, 6) is 1.88. The van der Waals surface area contributed by atoms with Crippen LogP contribution < -0.4 is 0 Å². The summed E-state index contributed by atoms with van der Waals surface area (Å²) in [5.41, 5.74) is 5.29. The van der Waals surface area contributed by atoms with Gasteiger partial charge in [0.25, 0.3) is 0 Å². The van der Waals surface area contributed by atoms with E-state index in [0.717, 1.165) is 18.4 Å². The number of fused-ring (bicyclic) bond motifs is 1. The molecule has 0 bridgehead atoms. The van der Waals surface area contributed by atoms with Crippen molar-refractivity contribution in [3.63, 3.8) is 0 Å². The molecule has 4 unspecified atom stereocenters. The molecular formula is C33H34O. The monoisotopic (exact) mass is 446 g/mol. The molecule has 172 valence electrons. The third-order valence-corrected chi connectivity index (χ3v) is 7.71. The molecule has 0 fully saturated rings. The van der Waals surface area contributed by atoms with E-state index >= 15 is 0 Å². The maximum atomic E-state index is 13.7. The fraction of sp³-hybridized carbons (Fsp3) is 0.303. The van der Waals surface area contributed by atoms with Crippen LogP contribution >= 0.6 is 0 Å². The van der Waals surface area contributed by atoms with E-state index in [0.29, 0.717) is 30.0 Å². The lowest BCUT2D eigenvalue weighted by Gasteiger charge is -2.38. The minimum atomic E-state index is 0.0137. The van der Waals surface area contributed by atoms with Crippen molar-refractivity contribution >= 4 is 5.78 Å². The molecule has 3 aromatic carbocycles. The molecule has 0 spiro atoms. The van der Waals surface area contributed by atoms with Crippen LogP contribution in [-0.2, 0) is 17.6 Å². The summed E-state index contributed by atoms with van der Waals surface area (Å²) in [6.45, 7) is 0. The van der Waals surface area contributed by atoms with E-state index in [9.17, 15) is 4.79 Å². The van der Waals surface area contributed by atoms with E-state index in [1.54, 1.807) is 0 Å². The van der Waals surface area contributed by atoms with Gasteiger partial charge in [0.2, 0.25) is 0 Å². The van der Waals surface area contributed by atoms with Gasteiger partial charge in [-0.1, -0.05) is 109 Å². The number of ketones is 1. The van der Waals surface area contributed by atoms with Crippen molar-refractivity contribution in [3.05, 3.63) is 131 Å². The molecule has 2 aliphatic rings. The number of carbonyl (C=O) groups is 1. The fourth-order valence-electron chi connectivity index (χ4n) is 5.92. The lowest BCUT2D eigenvalue weighted by Crippen LogP contribution is -2.28. The average molecular weight is 447 g/mol. The highest BCUT2D eigenvalue weighted by atomic mass is 16.1. The molecule has 0 aromatic heterocycles. The average Bonchev–Trinajstić information content (AvgIpc) is 2.89. The van der Waals surface area contributed by atoms with Gasteiger partial charge in [0.05, 0.1) is 0 Å². The Morgan fingerprint density at radius 3 is 2.18 bits per heavy atom. The zero-order valence-corrected chi connectivity index (χ0v) is 19.9. The third-order valence-electron chi connectivity index (χ3n) is 7.71. The Bertz CT molecular complexity index is 1130. The number of benzene rings is 3. The first-order valence-corrected chi connectivity index (χ1v) is 12.8. The Hall–Kier alpha value is -3.19.